The van der Waals surface area contributed by atoms with Crippen LogP contribution in [-0.4, -0.2) is 92.7 Å². The van der Waals surface area contributed by atoms with Gasteiger partial charge in [0.1, 0.15) is 23.3 Å². The number of rotatable bonds is 16. The molecule has 0 radical (unpaired) electrons. The molecular formula is C92H94F2N16O8S4. The molecule has 0 unspecified atom stereocenters. The topological polar surface area (TPSA) is 308 Å². The molecule has 4 N–H and O–H groups in total. The van der Waals surface area contributed by atoms with Gasteiger partial charge in [-0.2, -0.15) is 20.4 Å². The molecule has 24 nitrogen and oxygen atoms in total. The Bertz CT molecular complexity index is 6860. The smallest absolute Gasteiger partial charge is 0.263 e. The Kier molecular flexibility index (Phi) is 24.2. The average molecular weight is 1720 g/mol. The fourth-order valence-electron chi connectivity index (χ4n) is 13.3. The molecular weight excluding hydrogens is 1620 g/mol. The van der Waals surface area contributed by atoms with E-state index in [2.05, 4.69) is 122 Å². The summed E-state index contributed by atoms with van der Waals surface area (Å²) >= 11 is 0. The lowest BCUT2D eigenvalue weighted by Gasteiger charge is -2.19. The number of aromatic nitrogens is 12. The quantitative estimate of drug-likeness (QED) is 0.0698. The highest BCUT2D eigenvalue weighted by molar-refractivity contribution is 7.93. The SMILES string of the molecule is Cc1cc(NS(=O)(=O)c2ccc(C(C)(C)C)cc2)n(-c2ccc3cccnc3c2)n1.Cc1cc(NS(=O)(=O)c2ccc(C(C)(C)C)cc2)n(-c2ccc3ncccc3c2)n1.Cc1cc(NS(=O)(=O)c2ccc(C(C)(C)C)cc2)n(-c2ccnc3ccc(F)cc23)n1.Cc1nn(-c2cccc3ncccc23)c(NS(=O)(=O)c2ccc(C(C)(C)C)cc2)c1F. The van der Waals surface area contributed by atoms with Gasteiger partial charge in [0.05, 0.1) is 87.2 Å². The number of nitrogens with one attached hydrogen (secondary N) is 4. The van der Waals surface area contributed by atoms with Gasteiger partial charge < -0.3 is 0 Å². The zero-order valence-electron chi connectivity index (χ0n) is 70.3. The molecule has 0 saturated heterocycles. The van der Waals surface area contributed by atoms with E-state index in [1.807, 2.05) is 144 Å². The number of fused-ring (bicyclic) bond motifs is 4. The normalized spacial score (nSPS) is 12.3. The standard InChI is InChI=1S/2C23H23FN4O2S.2C23H24N4O2S/c1-15-13-22(27-31(29,30)18-8-5-16(6-9-18)23(2,3)4)28(26-15)21-11-12-25-20-10-7-17(24)14-19(20)21;1-15-21(24)22(27-31(29,30)17-12-10-16(11-13-17)23(2,3)4)28(26-15)20-9-5-8-19-18(20)7-6-14-25-19;1-16-14-22(26-30(28,29)20-10-7-18(8-11-20)23(2,3)4)27(25-16)19-9-12-21-17(15-19)6-5-13-24-21;1-16-14-22(26-30(28,29)20-11-8-18(9-12-20)23(2,3)4)27(25-16)19-10-7-17-6-5-13-24-21(17)15-19/h2*5-14,27H,1-4H3;2*5-15,26H,1-4H3. The lowest BCUT2D eigenvalue weighted by atomic mass is 9.87. The van der Waals surface area contributed by atoms with E-state index in [1.165, 1.54) is 40.6 Å². The summed E-state index contributed by atoms with van der Waals surface area (Å²) < 4.78 is 149. The second kappa shape index (κ2) is 34.0. The number of halogens is 2. The van der Waals surface area contributed by atoms with Crippen LogP contribution in [0.25, 0.3) is 66.4 Å². The summed E-state index contributed by atoms with van der Waals surface area (Å²) in [5, 5.41) is 20.8. The van der Waals surface area contributed by atoms with E-state index in [1.54, 1.807) is 138 Å². The van der Waals surface area contributed by atoms with Gasteiger partial charge in [0.25, 0.3) is 40.1 Å². The summed E-state index contributed by atoms with van der Waals surface area (Å²) in [5.41, 5.74) is 11.5. The van der Waals surface area contributed by atoms with Gasteiger partial charge in [-0.15, -0.1) is 0 Å². The zero-order valence-corrected chi connectivity index (χ0v) is 73.5. The predicted molar refractivity (Wildman–Crippen MR) is 478 cm³/mol. The van der Waals surface area contributed by atoms with Gasteiger partial charge >= 0.3 is 0 Å². The molecule has 628 valence electrons. The van der Waals surface area contributed by atoms with Gasteiger partial charge in [-0.3, -0.25) is 38.8 Å². The molecule has 0 fully saturated rings. The van der Waals surface area contributed by atoms with Crippen LogP contribution < -0.4 is 18.9 Å². The fraction of sp³-hybridized carbons (Fsp3) is 0.217. The van der Waals surface area contributed by atoms with Crippen molar-refractivity contribution in [3.05, 3.63) is 312 Å². The van der Waals surface area contributed by atoms with Crippen molar-refractivity contribution in [2.45, 2.75) is 152 Å². The van der Waals surface area contributed by atoms with Crippen molar-refractivity contribution in [3.8, 4) is 22.7 Å². The lowest BCUT2D eigenvalue weighted by Crippen LogP contribution is -2.17. The van der Waals surface area contributed by atoms with Gasteiger partial charge in [-0.1, -0.05) is 156 Å². The van der Waals surface area contributed by atoms with E-state index >= 15 is 0 Å². The van der Waals surface area contributed by atoms with Crippen LogP contribution in [0.5, 0.6) is 0 Å². The molecule has 0 saturated carbocycles. The fourth-order valence-corrected chi connectivity index (χ4v) is 17.5. The monoisotopic (exact) mass is 1720 g/mol. The molecule has 30 heteroatoms. The second-order valence-electron chi connectivity index (χ2n) is 33.5. The highest BCUT2D eigenvalue weighted by Crippen LogP contribution is 2.35. The number of hydrogen-bond donors (Lipinski definition) is 4. The number of pyridine rings is 4. The minimum absolute atomic E-state index is 0.0452. The van der Waals surface area contributed by atoms with Gasteiger partial charge in [0.2, 0.25) is 0 Å². The Labute approximate surface area is 709 Å². The Hall–Kier alpha value is -12.9. The van der Waals surface area contributed by atoms with Crippen molar-refractivity contribution < 1.29 is 42.5 Å². The first-order valence-electron chi connectivity index (χ1n) is 39.0. The van der Waals surface area contributed by atoms with Gasteiger partial charge in [-0.05, 0) is 211 Å². The van der Waals surface area contributed by atoms with Crippen LogP contribution in [-0.2, 0) is 61.8 Å². The first-order chi connectivity index (χ1) is 57.4. The minimum Gasteiger partial charge on any atom is -0.263 e. The van der Waals surface area contributed by atoms with Crippen LogP contribution >= 0.6 is 0 Å². The van der Waals surface area contributed by atoms with Crippen molar-refractivity contribution in [2.24, 2.45) is 0 Å². The number of benzene rings is 8. The van der Waals surface area contributed by atoms with Crippen molar-refractivity contribution in [2.75, 3.05) is 18.9 Å². The Morgan fingerprint density at radius 1 is 0.303 bits per heavy atom. The van der Waals surface area contributed by atoms with Crippen molar-refractivity contribution in [1.82, 2.24) is 59.1 Å². The molecule has 0 bridgehead atoms. The molecule has 0 atom stereocenters. The third-order valence-electron chi connectivity index (χ3n) is 20.0. The first kappa shape index (κ1) is 86.9. The highest BCUT2D eigenvalue weighted by atomic mass is 32.2. The van der Waals surface area contributed by atoms with Crippen molar-refractivity contribution in [3.63, 3.8) is 0 Å². The maximum Gasteiger partial charge on any atom is 0.263 e. The average Bonchev–Trinajstić information content (AvgIpc) is 1.58. The van der Waals surface area contributed by atoms with Crippen LogP contribution in [0.3, 0.4) is 0 Å². The molecule has 16 rings (SSSR count). The predicted octanol–water partition coefficient (Wildman–Crippen LogP) is 19.6. The van der Waals surface area contributed by atoms with E-state index in [0.717, 1.165) is 60.8 Å². The van der Waals surface area contributed by atoms with Crippen LogP contribution in [0, 0.1) is 39.3 Å². The summed E-state index contributed by atoms with van der Waals surface area (Å²) in [6.45, 7) is 31.8. The molecule has 122 heavy (non-hydrogen) atoms. The van der Waals surface area contributed by atoms with E-state index < -0.39 is 51.7 Å². The van der Waals surface area contributed by atoms with E-state index in [4.69, 9.17) is 0 Å². The third kappa shape index (κ3) is 19.7. The van der Waals surface area contributed by atoms with E-state index in [9.17, 15) is 42.5 Å². The summed E-state index contributed by atoms with van der Waals surface area (Å²) in [6.07, 6.45) is 6.71. The summed E-state index contributed by atoms with van der Waals surface area (Å²) in [5.74, 6) is -0.358. The number of sulfonamides is 4. The lowest BCUT2D eigenvalue weighted by molar-refractivity contribution is 0.587. The van der Waals surface area contributed by atoms with Crippen LogP contribution in [0.1, 0.15) is 128 Å². The minimum atomic E-state index is -4.03. The number of hydrogen-bond acceptors (Lipinski definition) is 16. The van der Waals surface area contributed by atoms with Gasteiger partial charge in [0.15, 0.2) is 11.6 Å². The highest BCUT2D eigenvalue weighted by Gasteiger charge is 2.29. The molecule has 0 aliphatic carbocycles. The summed E-state index contributed by atoms with van der Waals surface area (Å²) in [7, 11) is -15.4. The molecule has 0 amide bonds. The molecule has 0 aliphatic heterocycles. The summed E-state index contributed by atoms with van der Waals surface area (Å²) in [4.78, 5) is 17.9. The first-order valence-corrected chi connectivity index (χ1v) is 44.9. The Morgan fingerprint density at radius 3 is 1.16 bits per heavy atom. The Morgan fingerprint density at radius 2 is 0.680 bits per heavy atom. The maximum atomic E-state index is 14.9. The second-order valence-corrected chi connectivity index (χ2v) is 40.3. The molecule has 8 aromatic heterocycles. The number of aryl methyl sites for hydroxylation is 4. The molecule has 8 heterocycles. The van der Waals surface area contributed by atoms with E-state index in [-0.39, 0.29) is 58.6 Å². The Balaban J connectivity index is 0.000000140. The van der Waals surface area contributed by atoms with Crippen LogP contribution in [0.15, 0.2) is 275 Å². The molecule has 0 aliphatic rings. The molecule has 8 aromatic carbocycles. The molecule has 0 spiro atoms. The zero-order chi connectivity index (χ0) is 87.8. The maximum absolute atomic E-state index is 14.9. The summed E-state index contributed by atoms with van der Waals surface area (Å²) in [6, 6.07) is 66.4. The number of nitrogens with zero attached hydrogens (tertiary/aromatic N) is 12. The van der Waals surface area contributed by atoms with Crippen molar-refractivity contribution in [1.29, 1.82) is 0 Å². The number of anilines is 4. The van der Waals surface area contributed by atoms with E-state index in [0.29, 0.717) is 56.5 Å². The van der Waals surface area contributed by atoms with Crippen LogP contribution in [0.4, 0.5) is 32.1 Å². The van der Waals surface area contributed by atoms with Crippen LogP contribution in [0.2, 0.25) is 0 Å². The van der Waals surface area contributed by atoms with Gasteiger partial charge in [0, 0.05) is 64.5 Å². The van der Waals surface area contributed by atoms with Crippen molar-refractivity contribution >= 4 is 107 Å². The van der Waals surface area contributed by atoms with Gasteiger partial charge in [-0.25, -0.2) is 61.2 Å². The molecule has 16 aromatic rings. The largest absolute Gasteiger partial charge is 0.263 e. The third-order valence-corrected chi connectivity index (χ3v) is 25.4.